The molecule has 6 rings (SSSR count). The minimum absolute atomic E-state index is 0.0480. The Hall–Kier alpha value is -2.07. The van der Waals surface area contributed by atoms with E-state index in [-0.39, 0.29) is 52.6 Å². The van der Waals surface area contributed by atoms with Crippen molar-refractivity contribution < 1.29 is 41.9 Å². The Morgan fingerprint density at radius 3 is 2.20 bits per heavy atom. The summed E-state index contributed by atoms with van der Waals surface area (Å²) in [6.07, 6.45) is 1.09. The number of aliphatic hydroxyl groups is 1. The number of halogens is 2. The van der Waals surface area contributed by atoms with Crippen LogP contribution in [0, 0.1) is 28.6 Å². The largest absolute Gasteiger partial charge is 0.491 e. The fourth-order valence-electron chi connectivity index (χ4n) is 10.1. The van der Waals surface area contributed by atoms with Crippen molar-refractivity contribution in [1.29, 1.82) is 0 Å². The van der Waals surface area contributed by atoms with E-state index < -0.39 is 62.8 Å². The number of Topliss-reactive ketones (excluding diaryl/α,β-unsaturated/α-hetero) is 1. The molecule has 5 aliphatic rings. The topological polar surface area (TPSA) is 94.5 Å². The molecule has 0 aromatic heterocycles. The van der Waals surface area contributed by atoms with Crippen molar-refractivity contribution in [2.75, 3.05) is 26.4 Å². The molecule has 0 bridgehead atoms. The third-order valence-electron chi connectivity index (χ3n) is 15.4. The number of hydrogen-bond acceptors (Lipinski definition) is 8. The van der Waals surface area contributed by atoms with Crippen molar-refractivity contribution >= 4 is 28.2 Å². The summed E-state index contributed by atoms with van der Waals surface area (Å²) in [5.74, 6) is -1.53. The fraction of sp³-hybridized carbons (Fsp3) is 0.721. The minimum Gasteiger partial charge on any atom is -0.491 e. The van der Waals surface area contributed by atoms with Crippen LogP contribution in [0.4, 0.5) is 8.78 Å². The first kappa shape index (κ1) is 42.5. The number of rotatable bonds is 11. The molecule has 0 spiro atoms. The van der Waals surface area contributed by atoms with E-state index in [4.69, 9.17) is 18.4 Å². The van der Waals surface area contributed by atoms with E-state index in [2.05, 4.69) is 67.7 Å². The molecular weight excluding hydrogens is 737 g/mol. The predicted molar refractivity (Wildman–Crippen MR) is 215 cm³/mol. The van der Waals surface area contributed by atoms with Crippen LogP contribution in [0.3, 0.4) is 0 Å². The Morgan fingerprint density at radius 1 is 0.964 bits per heavy atom. The third-order valence-corrected chi connectivity index (χ3v) is 24.4. The second kappa shape index (κ2) is 14.0. The van der Waals surface area contributed by atoms with E-state index in [1.165, 1.54) is 18.2 Å². The maximum absolute atomic E-state index is 18.0. The number of hydrogen-bond donors (Lipinski definition) is 1. The van der Waals surface area contributed by atoms with Gasteiger partial charge in [-0.1, -0.05) is 66.7 Å². The zero-order chi connectivity index (χ0) is 40.8. The number of hydroxylamine groups is 2. The van der Waals surface area contributed by atoms with Crippen LogP contribution in [0.15, 0.2) is 48.1 Å². The lowest BCUT2D eigenvalue weighted by molar-refractivity contribution is -0.269. The van der Waals surface area contributed by atoms with Crippen LogP contribution in [0.5, 0.6) is 5.75 Å². The van der Waals surface area contributed by atoms with Crippen molar-refractivity contribution in [1.82, 2.24) is 5.06 Å². The number of ether oxygens (including phenoxy) is 1. The molecule has 1 N–H and O–H groups in total. The first-order valence-corrected chi connectivity index (χ1v) is 26.0. The highest BCUT2D eigenvalue weighted by Gasteiger charge is 2.79. The summed E-state index contributed by atoms with van der Waals surface area (Å²) in [6.45, 7) is 26.8. The molecule has 1 aromatic carbocycles. The lowest BCUT2D eigenvalue weighted by atomic mass is 9.44. The number of carbonyl (C=O) groups excluding carboxylic acids is 2. The number of carbonyl (C=O) groups is 2. The van der Waals surface area contributed by atoms with Gasteiger partial charge in [-0.05, 0) is 104 Å². The van der Waals surface area contributed by atoms with Crippen molar-refractivity contribution in [3.63, 3.8) is 0 Å². The predicted octanol–water partition coefficient (Wildman–Crippen LogP) is 8.71. The number of benzene rings is 1. The van der Waals surface area contributed by atoms with Crippen LogP contribution in [0.25, 0.3) is 0 Å². The lowest BCUT2D eigenvalue weighted by Crippen LogP contribution is -2.70. The van der Waals surface area contributed by atoms with Crippen LogP contribution in [0.1, 0.15) is 80.2 Å². The number of aliphatic hydroxyl groups excluding tert-OH is 1. The highest BCUT2D eigenvalue weighted by Crippen LogP contribution is 2.72. The molecule has 9 atom stereocenters. The van der Waals surface area contributed by atoms with E-state index in [1.54, 1.807) is 6.92 Å². The standard InChI is InChI=1S/C43H65F2NO7Si2/c1-38(2,3)54(9,10)51-20-19-50-31-15-13-28(14-16-31)25-46-26-29-21-32-33-23-35(44)34-22-30(47)17-18-40(34,7)42(33,45)36(48)24-41(32,8)43(29,53-46)37(49)27-52-55(11,12)39(4,5)6/h13-18,22,29,32-33,35-36,48H,19-21,23-27H2,1-12H3/t29-,32-,33-,35-,36-,40-,41-,42-,43-/m0/s1. The van der Waals surface area contributed by atoms with Crippen LogP contribution in [-0.4, -0.2) is 88.3 Å². The number of fused-ring (bicyclic) bond motifs is 7. The van der Waals surface area contributed by atoms with Gasteiger partial charge in [0.25, 0.3) is 0 Å². The SMILES string of the molecule is CC(C)(C)[Si](C)(C)OCCOc1ccc(CN2C[C@@H]3C[C@H]4[C@@H]5C[C@H](F)C6=CC(=O)C=C[C@]6(C)[C@@]5(F)[C@@H](O)C[C@]4(C)[C@]3(C(=O)CO[Si](C)(C)C(C)(C)C)O2)cc1. The molecule has 3 saturated carbocycles. The van der Waals surface area contributed by atoms with Gasteiger partial charge in [0.2, 0.25) is 0 Å². The zero-order valence-corrected chi connectivity index (χ0v) is 37.2. The van der Waals surface area contributed by atoms with Crippen molar-refractivity contribution in [3.05, 3.63) is 53.6 Å². The first-order chi connectivity index (χ1) is 25.2. The van der Waals surface area contributed by atoms with Gasteiger partial charge in [-0.3, -0.25) is 14.4 Å². The van der Waals surface area contributed by atoms with Crippen LogP contribution < -0.4 is 4.74 Å². The molecule has 4 fully saturated rings. The van der Waals surface area contributed by atoms with Gasteiger partial charge >= 0.3 is 0 Å². The molecule has 4 aliphatic carbocycles. The monoisotopic (exact) mass is 801 g/mol. The Balaban J connectivity index is 1.25. The molecule has 8 nitrogen and oxygen atoms in total. The summed E-state index contributed by atoms with van der Waals surface area (Å²) < 4.78 is 52.9. The molecule has 0 amide bonds. The fourth-order valence-corrected chi connectivity index (χ4v) is 12.0. The van der Waals surface area contributed by atoms with Gasteiger partial charge in [0, 0.05) is 35.8 Å². The second-order valence-electron chi connectivity index (χ2n) is 20.5. The molecule has 1 saturated heterocycles. The summed E-state index contributed by atoms with van der Waals surface area (Å²) in [4.78, 5) is 34.2. The minimum atomic E-state index is -2.35. The first-order valence-electron chi connectivity index (χ1n) is 20.2. The molecule has 0 unspecified atom stereocenters. The second-order valence-corrected chi connectivity index (χ2v) is 30.1. The number of alkyl halides is 2. The van der Waals surface area contributed by atoms with Crippen LogP contribution >= 0.6 is 0 Å². The highest BCUT2D eigenvalue weighted by molar-refractivity contribution is 6.74. The molecular formula is C43H65F2NO7Si2. The van der Waals surface area contributed by atoms with E-state index in [0.717, 1.165) is 11.3 Å². The van der Waals surface area contributed by atoms with E-state index in [1.807, 2.05) is 36.3 Å². The van der Waals surface area contributed by atoms with Crippen molar-refractivity contribution in [2.45, 2.75) is 141 Å². The van der Waals surface area contributed by atoms with Gasteiger partial charge in [0.15, 0.2) is 39.5 Å². The molecule has 12 heteroatoms. The maximum Gasteiger partial charge on any atom is 0.192 e. The maximum atomic E-state index is 18.0. The molecule has 1 aliphatic heterocycles. The van der Waals surface area contributed by atoms with Gasteiger partial charge in [0.05, 0.1) is 19.3 Å². The summed E-state index contributed by atoms with van der Waals surface area (Å²) in [6, 6.07) is 7.82. The van der Waals surface area contributed by atoms with Crippen LogP contribution in [0.2, 0.25) is 36.3 Å². The molecule has 0 radical (unpaired) electrons. The van der Waals surface area contributed by atoms with Gasteiger partial charge in [0.1, 0.15) is 18.5 Å². The summed E-state index contributed by atoms with van der Waals surface area (Å²) >= 11 is 0. The Labute approximate surface area is 329 Å². The molecule has 1 heterocycles. The van der Waals surface area contributed by atoms with E-state index in [0.29, 0.717) is 32.7 Å². The molecule has 55 heavy (non-hydrogen) atoms. The Bertz CT molecular complexity index is 1720. The summed E-state index contributed by atoms with van der Waals surface area (Å²) in [5, 5.41) is 13.9. The van der Waals surface area contributed by atoms with E-state index >= 15 is 8.78 Å². The zero-order valence-electron chi connectivity index (χ0n) is 35.2. The lowest BCUT2D eigenvalue weighted by Gasteiger charge is -2.63. The summed E-state index contributed by atoms with van der Waals surface area (Å²) in [7, 11) is -4.22. The van der Waals surface area contributed by atoms with Crippen molar-refractivity contribution in [2.24, 2.45) is 28.6 Å². The molecule has 306 valence electrons. The highest BCUT2D eigenvalue weighted by atomic mass is 28.4. The van der Waals surface area contributed by atoms with Gasteiger partial charge in [-0.25, -0.2) is 8.78 Å². The smallest absolute Gasteiger partial charge is 0.192 e. The van der Waals surface area contributed by atoms with Crippen molar-refractivity contribution in [3.8, 4) is 5.75 Å². The quantitative estimate of drug-likeness (QED) is 0.176. The van der Waals surface area contributed by atoms with Gasteiger partial charge in [-0.15, -0.1) is 0 Å². The van der Waals surface area contributed by atoms with Gasteiger partial charge < -0.3 is 18.7 Å². The number of nitrogens with zero attached hydrogens (tertiary/aromatic N) is 1. The molecule has 1 aromatic rings. The Kier molecular flexibility index (Phi) is 10.9. The number of allylic oxidation sites excluding steroid dienone is 4. The normalized spacial score (nSPS) is 36.5. The van der Waals surface area contributed by atoms with Gasteiger partial charge in [-0.2, -0.15) is 5.06 Å². The average Bonchev–Trinajstić information content (AvgIpc) is 3.55. The van der Waals surface area contributed by atoms with E-state index in [9.17, 15) is 14.7 Å². The summed E-state index contributed by atoms with van der Waals surface area (Å²) in [5.41, 5.74) is -5.09. The van der Waals surface area contributed by atoms with Crippen LogP contribution in [-0.2, 0) is 29.8 Å². The number of ketones is 2. The Morgan fingerprint density at radius 2 is 1.58 bits per heavy atom. The average molecular weight is 802 g/mol. The third kappa shape index (κ3) is 6.81.